The Morgan fingerprint density at radius 1 is 1.12 bits per heavy atom. The molecule has 0 atom stereocenters. The first-order valence-corrected chi connectivity index (χ1v) is 8.47. The van der Waals surface area contributed by atoms with Crippen LogP contribution in [0.15, 0.2) is 47.3 Å². The molecule has 0 saturated carbocycles. The Bertz CT molecular complexity index is 1070. The minimum absolute atomic E-state index is 0.0340. The van der Waals surface area contributed by atoms with Crippen LogP contribution >= 0.6 is 11.6 Å². The molecule has 6 heteroatoms. The number of halogens is 2. The predicted molar refractivity (Wildman–Crippen MR) is 103 cm³/mol. The van der Waals surface area contributed by atoms with Gasteiger partial charge in [0.05, 0.1) is 16.1 Å². The molecule has 0 bridgehead atoms. The van der Waals surface area contributed by atoms with E-state index in [0.29, 0.717) is 11.2 Å². The number of anilines is 1. The number of carbonyl (C=O) groups excluding carboxylic acids is 1. The largest absolute Gasteiger partial charge is 0.322 e. The zero-order valence-electron chi connectivity index (χ0n) is 14.6. The van der Waals surface area contributed by atoms with Gasteiger partial charge in [0.1, 0.15) is 5.82 Å². The lowest BCUT2D eigenvalue weighted by Crippen LogP contribution is -2.17. The van der Waals surface area contributed by atoms with E-state index in [9.17, 15) is 14.0 Å². The summed E-state index contributed by atoms with van der Waals surface area (Å²) in [5.41, 5.74) is 1.84. The first-order valence-electron chi connectivity index (χ1n) is 8.09. The Labute approximate surface area is 155 Å². The molecule has 0 spiro atoms. The van der Waals surface area contributed by atoms with E-state index in [-0.39, 0.29) is 21.6 Å². The SMILES string of the molecule is CC(C)(C)c1cc(=O)[nH]c2cc(NC(=O)c3ccc(F)cc3Cl)ccc12. The van der Waals surface area contributed by atoms with Crippen molar-refractivity contribution in [3.63, 3.8) is 0 Å². The summed E-state index contributed by atoms with van der Waals surface area (Å²) < 4.78 is 13.1. The van der Waals surface area contributed by atoms with Crippen LogP contribution in [0.1, 0.15) is 36.7 Å². The van der Waals surface area contributed by atoms with Crippen molar-refractivity contribution in [1.82, 2.24) is 4.98 Å². The average Bonchev–Trinajstić information content (AvgIpc) is 2.52. The smallest absolute Gasteiger partial charge is 0.257 e. The first kappa shape index (κ1) is 18.1. The maximum Gasteiger partial charge on any atom is 0.257 e. The number of carbonyl (C=O) groups is 1. The van der Waals surface area contributed by atoms with Crippen molar-refractivity contribution in [1.29, 1.82) is 0 Å². The number of nitrogens with one attached hydrogen (secondary N) is 2. The third kappa shape index (κ3) is 3.63. The normalized spacial score (nSPS) is 11.6. The molecular weight excluding hydrogens is 355 g/mol. The average molecular weight is 373 g/mol. The number of aromatic amines is 1. The molecule has 4 nitrogen and oxygen atoms in total. The summed E-state index contributed by atoms with van der Waals surface area (Å²) in [5, 5.41) is 3.67. The molecule has 26 heavy (non-hydrogen) atoms. The topological polar surface area (TPSA) is 62.0 Å². The first-order chi connectivity index (χ1) is 12.1. The van der Waals surface area contributed by atoms with Crippen molar-refractivity contribution in [2.75, 3.05) is 5.32 Å². The maximum absolute atomic E-state index is 13.1. The van der Waals surface area contributed by atoms with Crippen LogP contribution < -0.4 is 10.9 Å². The van der Waals surface area contributed by atoms with Gasteiger partial charge in [-0.2, -0.15) is 0 Å². The fourth-order valence-corrected chi connectivity index (χ4v) is 3.08. The van der Waals surface area contributed by atoms with E-state index >= 15 is 0 Å². The van der Waals surface area contributed by atoms with Gasteiger partial charge in [0.15, 0.2) is 0 Å². The highest BCUT2D eigenvalue weighted by molar-refractivity contribution is 6.34. The number of aromatic nitrogens is 1. The number of rotatable bonds is 2. The number of pyridine rings is 1. The summed E-state index contributed by atoms with van der Waals surface area (Å²) in [6.07, 6.45) is 0. The molecule has 0 radical (unpaired) electrons. The lowest BCUT2D eigenvalue weighted by atomic mass is 9.85. The highest BCUT2D eigenvalue weighted by Gasteiger charge is 2.18. The summed E-state index contributed by atoms with van der Waals surface area (Å²) in [7, 11) is 0. The number of hydrogen-bond donors (Lipinski definition) is 2. The number of benzene rings is 2. The molecule has 1 amide bonds. The van der Waals surface area contributed by atoms with Crippen LogP contribution in [0.5, 0.6) is 0 Å². The lowest BCUT2D eigenvalue weighted by molar-refractivity contribution is 0.102. The molecule has 3 aromatic rings. The van der Waals surface area contributed by atoms with Gasteiger partial charge in [0.25, 0.3) is 5.91 Å². The van der Waals surface area contributed by atoms with E-state index in [0.717, 1.165) is 17.0 Å². The molecule has 0 fully saturated rings. The molecule has 0 aliphatic rings. The van der Waals surface area contributed by atoms with Gasteiger partial charge in [0.2, 0.25) is 5.56 Å². The van der Waals surface area contributed by atoms with Crippen molar-refractivity contribution >= 4 is 34.1 Å². The van der Waals surface area contributed by atoms with Crippen molar-refractivity contribution in [3.05, 3.63) is 74.8 Å². The van der Waals surface area contributed by atoms with Crippen LogP contribution in [-0.2, 0) is 5.41 Å². The Kier molecular flexibility index (Phi) is 4.59. The van der Waals surface area contributed by atoms with Crippen molar-refractivity contribution in [2.45, 2.75) is 26.2 Å². The highest BCUT2D eigenvalue weighted by atomic mass is 35.5. The highest BCUT2D eigenvalue weighted by Crippen LogP contribution is 2.29. The number of amides is 1. The maximum atomic E-state index is 13.1. The molecule has 2 aromatic carbocycles. The van der Waals surface area contributed by atoms with Crippen LogP contribution in [0.4, 0.5) is 10.1 Å². The summed E-state index contributed by atoms with van der Waals surface area (Å²) in [4.78, 5) is 27.2. The standard InChI is InChI=1S/C20H18ClFN2O2/c1-20(2,3)15-10-18(25)24-17-9-12(5-7-13(15)17)23-19(26)14-6-4-11(22)8-16(14)21/h4-10H,1-3H3,(H,23,26)(H,24,25). The van der Waals surface area contributed by atoms with E-state index in [1.165, 1.54) is 12.1 Å². The summed E-state index contributed by atoms with van der Waals surface area (Å²) in [6.45, 7) is 6.11. The van der Waals surface area contributed by atoms with Crippen molar-refractivity contribution < 1.29 is 9.18 Å². The van der Waals surface area contributed by atoms with Crippen LogP contribution in [0.2, 0.25) is 5.02 Å². The van der Waals surface area contributed by atoms with Gasteiger partial charge in [-0.3, -0.25) is 9.59 Å². The number of hydrogen-bond acceptors (Lipinski definition) is 2. The van der Waals surface area contributed by atoms with E-state index < -0.39 is 11.7 Å². The van der Waals surface area contributed by atoms with Crippen molar-refractivity contribution in [2.24, 2.45) is 0 Å². The Balaban J connectivity index is 1.99. The van der Waals surface area contributed by atoms with E-state index in [2.05, 4.69) is 10.3 Å². The summed E-state index contributed by atoms with van der Waals surface area (Å²) in [5.74, 6) is -0.965. The molecule has 0 saturated heterocycles. The van der Waals surface area contributed by atoms with Gasteiger partial charge in [-0.1, -0.05) is 38.4 Å². The molecule has 3 rings (SSSR count). The Hall–Kier alpha value is -2.66. The van der Waals surface area contributed by atoms with Crippen LogP contribution in [0.25, 0.3) is 10.9 Å². The zero-order chi connectivity index (χ0) is 19.1. The van der Waals surface area contributed by atoms with Crippen LogP contribution in [-0.4, -0.2) is 10.9 Å². The molecule has 0 aliphatic carbocycles. The molecule has 2 N–H and O–H groups in total. The summed E-state index contributed by atoms with van der Waals surface area (Å²) >= 11 is 5.93. The molecular formula is C20H18ClFN2O2. The van der Waals surface area contributed by atoms with Crippen molar-refractivity contribution in [3.8, 4) is 0 Å². The number of fused-ring (bicyclic) bond motifs is 1. The quantitative estimate of drug-likeness (QED) is 0.674. The Morgan fingerprint density at radius 2 is 1.85 bits per heavy atom. The zero-order valence-corrected chi connectivity index (χ0v) is 15.4. The second kappa shape index (κ2) is 6.57. The van der Waals surface area contributed by atoms with Crippen LogP contribution in [0, 0.1) is 5.82 Å². The number of H-pyrrole nitrogens is 1. The monoisotopic (exact) mass is 372 g/mol. The van der Waals surface area contributed by atoms with Gasteiger partial charge in [-0.15, -0.1) is 0 Å². The van der Waals surface area contributed by atoms with Gasteiger partial charge in [0, 0.05) is 17.1 Å². The fraction of sp³-hybridized carbons (Fsp3) is 0.200. The third-order valence-electron chi connectivity index (χ3n) is 4.08. The Morgan fingerprint density at radius 3 is 2.50 bits per heavy atom. The lowest BCUT2D eigenvalue weighted by Gasteiger charge is -2.21. The molecule has 0 unspecified atom stereocenters. The fourth-order valence-electron chi connectivity index (χ4n) is 2.83. The second-order valence-corrected chi connectivity index (χ2v) is 7.54. The molecule has 134 valence electrons. The molecule has 1 heterocycles. The molecule has 1 aromatic heterocycles. The summed E-state index contributed by atoms with van der Waals surface area (Å²) in [6, 6.07) is 10.5. The van der Waals surface area contributed by atoms with Crippen LogP contribution in [0.3, 0.4) is 0 Å². The third-order valence-corrected chi connectivity index (χ3v) is 4.40. The van der Waals surface area contributed by atoms with Gasteiger partial charge < -0.3 is 10.3 Å². The van der Waals surface area contributed by atoms with E-state index in [1.54, 1.807) is 18.2 Å². The second-order valence-electron chi connectivity index (χ2n) is 7.14. The minimum Gasteiger partial charge on any atom is -0.322 e. The van der Waals surface area contributed by atoms with Gasteiger partial charge in [-0.25, -0.2) is 4.39 Å². The molecule has 0 aliphatic heterocycles. The predicted octanol–water partition coefficient (Wildman–Crippen LogP) is 4.87. The minimum atomic E-state index is -0.510. The van der Waals surface area contributed by atoms with Gasteiger partial charge in [-0.05, 0) is 41.3 Å². The van der Waals surface area contributed by atoms with E-state index in [4.69, 9.17) is 11.6 Å². The van der Waals surface area contributed by atoms with Gasteiger partial charge >= 0.3 is 0 Å². The van der Waals surface area contributed by atoms with E-state index in [1.807, 2.05) is 26.8 Å².